The number of hydrogen-bond acceptors (Lipinski definition) is 3. The molecule has 1 aliphatic carbocycles. The number of Topliss-reactive ketones (excluding diaryl/α,β-unsaturated/α-hetero) is 1. The summed E-state index contributed by atoms with van der Waals surface area (Å²) in [4.78, 5) is 11.8. The Kier molecular flexibility index (Phi) is 5.46. The molecule has 0 atom stereocenters. The molecule has 1 saturated carbocycles. The number of rotatable bonds is 6. The van der Waals surface area contributed by atoms with E-state index in [0.29, 0.717) is 6.42 Å². The Morgan fingerprint density at radius 2 is 1.81 bits per heavy atom. The topological polar surface area (TPSA) is 51.2 Å². The molecule has 0 bridgehead atoms. The average molecular weight is 246 g/mol. The SMILES string of the molecule is CCCCS(=O)(=O)CC(=O)C1CCCCC1. The van der Waals surface area contributed by atoms with Gasteiger partial charge in [0.25, 0.3) is 0 Å². The molecule has 1 fully saturated rings. The Hall–Kier alpha value is -0.380. The molecule has 0 heterocycles. The number of carbonyl (C=O) groups is 1. The van der Waals surface area contributed by atoms with Gasteiger partial charge in [-0.15, -0.1) is 0 Å². The minimum Gasteiger partial charge on any atom is -0.298 e. The molecule has 4 heteroatoms. The fraction of sp³-hybridized carbons (Fsp3) is 0.917. The lowest BCUT2D eigenvalue weighted by Gasteiger charge is -2.20. The molecule has 1 rings (SSSR count). The normalized spacial score (nSPS) is 18.6. The third-order valence-electron chi connectivity index (χ3n) is 3.23. The van der Waals surface area contributed by atoms with Crippen LogP contribution in [-0.2, 0) is 14.6 Å². The summed E-state index contributed by atoms with van der Waals surface area (Å²) in [5.41, 5.74) is 0. The zero-order chi connectivity index (χ0) is 12.0. The first-order valence-corrected chi connectivity index (χ1v) is 8.10. The molecule has 0 spiro atoms. The van der Waals surface area contributed by atoms with E-state index in [1.165, 1.54) is 6.42 Å². The first kappa shape index (κ1) is 13.7. The molecule has 0 saturated heterocycles. The third kappa shape index (κ3) is 4.64. The zero-order valence-corrected chi connectivity index (χ0v) is 10.9. The van der Waals surface area contributed by atoms with E-state index in [1.54, 1.807) is 0 Å². The van der Waals surface area contributed by atoms with Crippen molar-refractivity contribution >= 4 is 15.6 Å². The number of carbonyl (C=O) groups excluding carboxylic acids is 1. The first-order chi connectivity index (χ1) is 7.55. The lowest BCUT2D eigenvalue weighted by Crippen LogP contribution is -2.26. The molecule has 0 N–H and O–H groups in total. The van der Waals surface area contributed by atoms with Crippen molar-refractivity contribution in [2.45, 2.75) is 51.9 Å². The summed E-state index contributed by atoms with van der Waals surface area (Å²) in [6.45, 7) is 1.96. The van der Waals surface area contributed by atoms with Gasteiger partial charge in [-0.05, 0) is 19.3 Å². The molecule has 94 valence electrons. The Balaban J connectivity index is 2.43. The predicted octanol–water partition coefficient (Wildman–Crippen LogP) is 2.35. The predicted molar refractivity (Wildman–Crippen MR) is 65.1 cm³/mol. The lowest BCUT2D eigenvalue weighted by atomic mass is 9.87. The van der Waals surface area contributed by atoms with Gasteiger partial charge in [-0.25, -0.2) is 8.42 Å². The molecule has 16 heavy (non-hydrogen) atoms. The van der Waals surface area contributed by atoms with Crippen molar-refractivity contribution in [3.05, 3.63) is 0 Å². The van der Waals surface area contributed by atoms with E-state index in [2.05, 4.69) is 0 Å². The van der Waals surface area contributed by atoms with Gasteiger partial charge in [0.15, 0.2) is 15.6 Å². The maximum absolute atomic E-state index is 11.8. The molecule has 0 aromatic rings. The van der Waals surface area contributed by atoms with E-state index in [0.717, 1.165) is 32.1 Å². The van der Waals surface area contributed by atoms with Crippen molar-refractivity contribution in [2.24, 2.45) is 5.92 Å². The smallest absolute Gasteiger partial charge is 0.157 e. The van der Waals surface area contributed by atoms with Crippen LogP contribution in [0.2, 0.25) is 0 Å². The molecule has 3 nitrogen and oxygen atoms in total. The molecular formula is C12H22O3S. The number of sulfone groups is 1. The van der Waals surface area contributed by atoms with Gasteiger partial charge in [0.2, 0.25) is 0 Å². The van der Waals surface area contributed by atoms with Gasteiger partial charge >= 0.3 is 0 Å². The molecule has 0 unspecified atom stereocenters. The van der Waals surface area contributed by atoms with Gasteiger partial charge in [0.05, 0.1) is 5.75 Å². The van der Waals surface area contributed by atoms with Gasteiger partial charge in [0.1, 0.15) is 5.75 Å². The highest BCUT2D eigenvalue weighted by atomic mass is 32.2. The van der Waals surface area contributed by atoms with Crippen LogP contribution in [-0.4, -0.2) is 25.7 Å². The lowest BCUT2D eigenvalue weighted by molar-refractivity contribution is -0.121. The fourth-order valence-corrected chi connectivity index (χ4v) is 3.74. The monoisotopic (exact) mass is 246 g/mol. The summed E-state index contributed by atoms with van der Waals surface area (Å²) in [6.07, 6.45) is 6.64. The van der Waals surface area contributed by atoms with Crippen molar-refractivity contribution in [2.75, 3.05) is 11.5 Å². The highest BCUT2D eigenvalue weighted by Crippen LogP contribution is 2.24. The molecule has 0 aliphatic heterocycles. The maximum atomic E-state index is 11.8. The van der Waals surface area contributed by atoms with Crippen molar-refractivity contribution in [1.82, 2.24) is 0 Å². The van der Waals surface area contributed by atoms with E-state index < -0.39 is 9.84 Å². The Bertz CT molecular complexity index is 313. The molecular weight excluding hydrogens is 224 g/mol. The molecule has 0 aromatic carbocycles. The van der Waals surface area contributed by atoms with E-state index in [-0.39, 0.29) is 23.2 Å². The summed E-state index contributed by atoms with van der Waals surface area (Å²) in [6, 6.07) is 0. The van der Waals surface area contributed by atoms with Crippen molar-refractivity contribution < 1.29 is 13.2 Å². The van der Waals surface area contributed by atoms with E-state index in [9.17, 15) is 13.2 Å². The second-order valence-corrected chi connectivity index (χ2v) is 6.93. The third-order valence-corrected chi connectivity index (χ3v) is 4.87. The Morgan fingerprint density at radius 3 is 2.38 bits per heavy atom. The van der Waals surface area contributed by atoms with Gasteiger partial charge in [-0.1, -0.05) is 32.6 Å². The highest BCUT2D eigenvalue weighted by Gasteiger charge is 2.25. The largest absolute Gasteiger partial charge is 0.298 e. The van der Waals surface area contributed by atoms with Crippen molar-refractivity contribution in [3.63, 3.8) is 0 Å². The maximum Gasteiger partial charge on any atom is 0.157 e. The summed E-state index contributed by atoms with van der Waals surface area (Å²) >= 11 is 0. The van der Waals surface area contributed by atoms with Gasteiger partial charge in [-0.2, -0.15) is 0 Å². The van der Waals surface area contributed by atoms with Gasteiger partial charge < -0.3 is 0 Å². The Morgan fingerprint density at radius 1 is 1.19 bits per heavy atom. The highest BCUT2D eigenvalue weighted by molar-refractivity contribution is 7.92. The zero-order valence-electron chi connectivity index (χ0n) is 10.1. The van der Waals surface area contributed by atoms with Crippen LogP contribution in [0.4, 0.5) is 0 Å². The minimum absolute atomic E-state index is 0.0187. The summed E-state index contributed by atoms with van der Waals surface area (Å²) < 4.78 is 23.2. The van der Waals surface area contributed by atoms with E-state index >= 15 is 0 Å². The van der Waals surface area contributed by atoms with Crippen LogP contribution in [0.1, 0.15) is 51.9 Å². The van der Waals surface area contributed by atoms with Crippen LogP contribution >= 0.6 is 0 Å². The van der Waals surface area contributed by atoms with E-state index in [1.807, 2.05) is 6.92 Å². The molecule has 0 radical (unpaired) electrons. The van der Waals surface area contributed by atoms with E-state index in [4.69, 9.17) is 0 Å². The molecule has 1 aliphatic rings. The van der Waals surface area contributed by atoms with Crippen molar-refractivity contribution in [1.29, 1.82) is 0 Å². The second-order valence-electron chi connectivity index (χ2n) is 4.75. The summed E-state index contributed by atoms with van der Waals surface area (Å²) in [7, 11) is -3.14. The number of ketones is 1. The van der Waals surface area contributed by atoms with Crippen LogP contribution in [0.15, 0.2) is 0 Å². The van der Waals surface area contributed by atoms with Crippen LogP contribution in [0.3, 0.4) is 0 Å². The number of unbranched alkanes of at least 4 members (excludes halogenated alkanes) is 1. The van der Waals surface area contributed by atoms with Crippen LogP contribution in [0.25, 0.3) is 0 Å². The summed E-state index contributed by atoms with van der Waals surface area (Å²) in [5, 5.41) is 0. The quantitative estimate of drug-likeness (QED) is 0.723. The second kappa shape index (κ2) is 6.38. The van der Waals surface area contributed by atoms with Crippen molar-refractivity contribution in [3.8, 4) is 0 Å². The standard InChI is InChI=1S/C12H22O3S/c1-2-3-9-16(14,15)10-12(13)11-7-5-4-6-8-11/h11H,2-10H2,1H3. The van der Waals surface area contributed by atoms with Crippen LogP contribution < -0.4 is 0 Å². The first-order valence-electron chi connectivity index (χ1n) is 6.28. The molecule has 0 amide bonds. The summed E-state index contributed by atoms with van der Waals surface area (Å²) in [5.74, 6) is -0.0828. The van der Waals surface area contributed by atoms with Crippen LogP contribution in [0.5, 0.6) is 0 Å². The van der Waals surface area contributed by atoms with Gasteiger partial charge in [-0.3, -0.25) is 4.79 Å². The number of hydrogen-bond donors (Lipinski definition) is 0. The average Bonchev–Trinajstić information content (AvgIpc) is 2.27. The Labute approximate surface area is 98.5 Å². The van der Waals surface area contributed by atoms with Crippen LogP contribution in [0, 0.1) is 5.92 Å². The minimum atomic E-state index is -3.14. The fourth-order valence-electron chi connectivity index (χ4n) is 2.20. The van der Waals surface area contributed by atoms with Gasteiger partial charge in [0, 0.05) is 5.92 Å². The molecule has 0 aromatic heterocycles.